The monoisotopic (exact) mass is 379 g/mol. The first kappa shape index (κ1) is 17.2. The zero-order valence-corrected chi connectivity index (χ0v) is 15.2. The van der Waals surface area contributed by atoms with Gasteiger partial charge in [0.1, 0.15) is 6.54 Å². The van der Waals surface area contributed by atoms with Crippen LogP contribution in [0.3, 0.4) is 0 Å². The summed E-state index contributed by atoms with van der Waals surface area (Å²) in [6.45, 7) is 1.09. The summed E-state index contributed by atoms with van der Waals surface area (Å²) in [5, 5.41) is 5.14. The second-order valence-electron chi connectivity index (χ2n) is 6.02. The van der Waals surface area contributed by atoms with Gasteiger partial charge in [0, 0.05) is 42.1 Å². The summed E-state index contributed by atoms with van der Waals surface area (Å²) in [5.41, 5.74) is 2.49. The maximum atomic E-state index is 12.5. The smallest absolute Gasteiger partial charge is 0.313 e. The summed E-state index contributed by atoms with van der Waals surface area (Å²) in [6.07, 6.45) is 3.42. The van der Waals surface area contributed by atoms with Crippen molar-refractivity contribution in [2.24, 2.45) is 0 Å². The number of aromatic nitrogens is 2. The molecule has 0 unspecified atom stereocenters. The molecule has 0 bridgehead atoms. The predicted octanol–water partition coefficient (Wildman–Crippen LogP) is 3.09. The summed E-state index contributed by atoms with van der Waals surface area (Å²) in [6, 6.07) is 13.0. The number of thiazole rings is 1. The van der Waals surface area contributed by atoms with Crippen molar-refractivity contribution in [3.8, 4) is 11.3 Å². The van der Waals surface area contributed by atoms with Crippen molar-refractivity contribution >= 4 is 34.1 Å². The van der Waals surface area contributed by atoms with E-state index in [1.54, 1.807) is 17.3 Å². The van der Waals surface area contributed by atoms with E-state index in [0.717, 1.165) is 16.9 Å². The van der Waals surface area contributed by atoms with Crippen molar-refractivity contribution in [2.75, 3.05) is 29.9 Å². The Kier molecular flexibility index (Phi) is 4.80. The van der Waals surface area contributed by atoms with E-state index >= 15 is 0 Å². The van der Waals surface area contributed by atoms with Gasteiger partial charge in [0.2, 0.25) is 5.91 Å². The van der Waals surface area contributed by atoms with Gasteiger partial charge < -0.3 is 10.2 Å². The van der Waals surface area contributed by atoms with Crippen LogP contribution in [0.25, 0.3) is 11.3 Å². The number of urea groups is 1. The van der Waals surface area contributed by atoms with E-state index < -0.39 is 0 Å². The SMILES string of the molecule is O=C(CN1CCN(c2ccccc2)C1=O)Nc1nc(-c2cccnc2)cs1. The zero-order chi connectivity index (χ0) is 18.6. The van der Waals surface area contributed by atoms with Crippen molar-refractivity contribution in [1.29, 1.82) is 0 Å². The maximum Gasteiger partial charge on any atom is 0.325 e. The fraction of sp³-hybridized carbons (Fsp3) is 0.158. The number of hydrogen-bond acceptors (Lipinski definition) is 5. The molecule has 4 rings (SSSR count). The molecule has 1 aliphatic heterocycles. The highest BCUT2D eigenvalue weighted by Gasteiger charge is 2.30. The van der Waals surface area contributed by atoms with Gasteiger partial charge in [0.05, 0.1) is 5.69 Å². The molecule has 1 saturated heterocycles. The largest absolute Gasteiger partial charge is 0.325 e. The minimum Gasteiger partial charge on any atom is -0.313 e. The molecule has 0 spiro atoms. The molecule has 3 heterocycles. The van der Waals surface area contributed by atoms with E-state index in [4.69, 9.17) is 0 Å². The van der Waals surface area contributed by atoms with E-state index in [2.05, 4.69) is 15.3 Å². The van der Waals surface area contributed by atoms with Gasteiger partial charge >= 0.3 is 6.03 Å². The van der Waals surface area contributed by atoms with Gasteiger partial charge in [-0.1, -0.05) is 18.2 Å². The molecule has 27 heavy (non-hydrogen) atoms. The summed E-state index contributed by atoms with van der Waals surface area (Å²) < 4.78 is 0. The average molecular weight is 379 g/mol. The molecule has 8 heteroatoms. The zero-order valence-electron chi connectivity index (χ0n) is 14.4. The molecule has 1 aromatic carbocycles. The number of carbonyl (C=O) groups is 2. The Morgan fingerprint density at radius 1 is 1.15 bits per heavy atom. The van der Waals surface area contributed by atoms with Crippen molar-refractivity contribution in [1.82, 2.24) is 14.9 Å². The molecule has 1 fully saturated rings. The van der Waals surface area contributed by atoms with Crippen LogP contribution in [0, 0.1) is 0 Å². The quantitative estimate of drug-likeness (QED) is 0.739. The lowest BCUT2D eigenvalue weighted by Crippen LogP contribution is -2.37. The highest BCUT2D eigenvalue weighted by molar-refractivity contribution is 7.14. The molecule has 7 nitrogen and oxygen atoms in total. The first-order valence-electron chi connectivity index (χ1n) is 8.48. The summed E-state index contributed by atoms with van der Waals surface area (Å²) in [4.78, 5) is 36.6. The number of amides is 3. The Labute approximate surface area is 160 Å². The number of nitrogens with zero attached hydrogens (tertiary/aromatic N) is 4. The molecular formula is C19H17N5O2S. The predicted molar refractivity (Wildman–Crippen MR) is 105 cm³/mol. The number of carbonyl (C=O) groups excluding carboxylic acids is 2. The molecule has 2 aromatic heterocycles. The Morgan fingerprint density at radius 2 is 2.00 bits per heavy atom. The molecule has 0 aliphatic carbocycles. The number of hydrogen-bond donors (Lipinski definition) is 1. The summed E-state index contributed by atoms with van der Waals surface area (Å²) in [5.74, 6) is -0.259. The Balaban J connectivity index is 1.36. The third kappa shape index (κ3) is 3.80. The van der Waals surface area contributed by atoms with Crippen molar-refractivity contribution in [2.45, 2.75) is 0 Å². The Bertz CT molecular complexity index is 945. The Morgan fingerprint density at radius 3 is 2.78 bits per heavy atom. The van der Waals surface area contributed by atoms with Crippen molar-refractivity contribution < 1.29 is 9.59 Å². The van der Waals surface area contributed by atoms with Crippen LogP contribution in [0.2, 0.25) is 0 Å². The van der Waals surface area contributed by atoms with E-state index in [1.165, 1.54) is 16.2 Å². The molecule has 1 N–H and O–H groups in total. The van der Waals surface area contributed by atoms with Gasteiger partial charge in [-0.25, -0.2) is 9.78 Å². The summed E-state index contributed by atoms with van der Waals surface area (Å²) >= 11 is 1.34. The molecule has 0 atom stereocenters. The van der Waals surface area contributed by atoms with Gasteiger partial charge in [-0.15, -0.1) is 11.3 Å². The van der Waals surface area contributed by atoms with Crippen LogP contribution in [-0.2, 0) is 4.79 Å². The van der Waals surface area contributed by atoms with Crippen LogP contribution >= 0.6 is 11.3 Å². The van der Waals surface area contributed by atoms with E-state index in [-0.39, 0.29) is 18.5 Å². The van der Waals surface area contributed by atoms with Crippen molar-refractivity contribution in [3.05, 3.63) is 60.2 Å². The molecule has 136 valence electrons. The highest BCUT2D eigenvalue weighted by Crippen LogP contribution is 2.24. The summed E-state index contributed by atoms with van der Waals surface area (Å²) in [7, 11) is 0. The fourth-order valence-electron chi connectivity index (χ4n) is 2.89. The number of benzene rings is 1. The second kappa shape index (κ2) is 7.55. The number of anilines is 2. The normalized spacial score (nSPS) is 13.9. The third-order valence-electron chi connectivity index (χ3n) is 4.21. The van der Waals surface area contributed by atoms with Gasteiger partial charge in [-0.2, -0.15) is 0 Å². The molecule has 0 radical (unpaired) electrons. The molecule has 1 aliphatic rings. The second-order valence-corrected chi connectivity index (χ2v) is 6.88. The lowest BCUT2D eigenvalue weighted by molar-refractivity contribution is -0.116. The van der Waals surface area contributed by atoms with Gasteiger partial charge in [0.15, 0.2) is 5.13 Å². The molecule has 3 amide bonds. The van der Waals surface area contributed by atoms with E-state index in [0.29, 0.717) is 18.2 Å². The third-order valence-corrected chi connectivity index (χ3v) is 4.96. The number of rotatable bonds is 5. The number of pyridine rings is 1. The average Bonchev–Trinajstić information content (AvgIpc) is 3.30. The van der Waals surface area contributed by atoms with Gasteiger partial charge in [-0.05, 0) is 24.3 Å². The molecular weight excluding hydrogens is 362 g/mol. The Hall–Kier alpha value is -3.26. The lowest BCUT2D eigenvalue weighted by Gasteiger charge is -2.18. The minimum atomic E-state index is -0.259. The maximum absolute atomic E-state index is 12.5. The first-order valence-corrected chi connectivity index (χ1v) is 9.36. The van der Waals surface area contributed by atoms with Crippen LogP contribution in [0.1, 0.15) is 0 Å². The number of para-hydroxylation sites is 1. The van der Waals surface area contributed by atoms with Crippen LogP contribution in [0.5, 0.6) is 0 Å². The van der Waals surface area contributed by atoms with Crippen molar-refractivity contribution in [3.63, 3.8) is 0 Å². The van der Waals surface area contributed by atoms with Crippen LogP contribution in [-0.4, -0.2) is 46.4 Å². The van der Waals surface area contributed by atoms with Crippen LogP contribution in [0.4, 0.5) is 15.6 Å². The van der Waals surface area contributed by atoms with E-state index in [9.17, 15) is 9.59 Å². The van der Waals surface area contributed by atoms with Gasteiger partial charge in [0.25, 0.3) is 0 Å². The fourth-order valence-corrected chi connectivity index (χ4v) is 3.62. The topological polar surface area (TPSA) is 78.4 Å². The number of nitrogens with one attached hydrogen (secondary N) is 1. The van der Waals surface area contributed by atoms with Crippen LogP contribution in [0.15, 0.2) is 60.2 Å². The van der Waals surface area contributed by atoms with E-state index in [1.807, 2.05) is 47.8 Å². The molecule has 0 saturated carbocycles. The molecule has 3 aromatic rings. The van der Waals surface area contributed by atoms with Crippen LogP contribution < -0.4 is 10.2 Å². The highest BCUT2D eigenvalue weighted by atomic mass is 32.1. The van der Waals surface area contributed by atoms with Gasteiger partial charge in [-0.3, -0.25) is 14.7 Å². The lowest BCUT2D eigenvalue weighted by atomic mass is 10.2. The minimum absolute atomic E-state index is 0.00394. The standard InChI is InChI=1S/C19H17N5O2S/c25-17(22-18-21-16(13-27-18)14-5-4-8-20-11-14)12-23-9-10-24(19(23)26)15-6-2-1-3-7-15/h1-8,11,13H,9-10,12H2,(H,21,22,25). The first-order chi connectivity index (χ1) is 13.2.